The summed E-state index contributed by atoms with van der Waals surface area (Å²) in [6, 6.07) is 0.172. The highest BCUT2D eigenvalue weighted by atomic mass is 16.3. The van der Waals surface area contributed by atoms with Crippen LogP contribution in [0.3, 0.4) is 0 Å². The second-order valence-corrected chi connectivity index (χ2v) is 4.56. The number of nitrogens with zero attached hydrogens (tertiary/aromatic N) is 4. The van der Waals surface area contributed by atoms with Gasteiger partial charge in [-0.2, -0.15) is 5.10 Å². The van der Waals surface area contributed by atoms with Crippen LogP contribution in [0.2, 0.25) is 0 Å². The highest BCUT2D eigenvalue weighted by Gasteiger charge is 2.29. The van der Waals surface area contributed by atoms with Crippen LogP contribution in [0.1, 0.15) is 26.2 Å². The zero-order valence-electron chi connectivity index (χ0n) is 9.99. The first-order valence-electron chi connectivity index (χ1n) is 5.97. The zero-order chi connectivity index (χ0) is 12.3. The van der Waals surface area contributed by atoms with Gasteiger partial charge in [0.05, 0.1) is 6.10 Å². The highest BCUT2D eigenvalue weighted by Crippen LogP contribution is 2.21. The summed E-state index contributed by atoms with van der Waals surface area (Å²) in [7, 11) is 0. The van der Waals surface area contributed by atoms with Gasteiger partial charge in [0.2, 0.25) is 5.91 Å². The lowest BCUT2D eigenvalue weighted by Gasteiger charge is -2.25. The molecule has 1 aliphatic heterocycles. The van der Waals surface area contributed by atoms with Crippen LogP contribution >= 0.6 is 0 Å². The predicted octanol–water partition coefficient (Wildman–Crippen LogP) is 0.0400. The third-order valence-electron chi connectivity index (χ3n) is 3.07. The lowest BCUT2D eigenvalue weighted by molar-refractivity contribution is -0.133. The standard InChI is InChI=1S/C11H18N4O2/c1-9(16)5-10-3-2-4-15(10)11(17)6-14-8-12-7-13-14/h7-10,16H,2-6H2,1H3. The van der Waals surface area contributed by atoms with Crippen molar-refractivity contribution >= 4 is 5.91 Å². The third kappa shape index (κ3) is 3.03. The highest BCUT2D eigenvalue weighted by molar-refractivity contribution is 5.76. The Kier molecular flexibility index (Phi) is 3.73. The van der Waals surface area contributed by atoms with Crippen molar-refractivity contribution in [1.29, 1.82) is 0 Å². The summed E-state index contributed by atoms with van der Waals surface area (Å²) in [5, 5.41) is 13.3. The number of carbonyl (C=O) groups is 1. The molecular formula is C11H18N4O2. The Bertz CT molecular complexity index is 364. The molecule has 6 heteroatoms. The van der Waals surface area contributed by atoms with Gasteiger partial charge in [-0.05, 0) is 26.2 Å². The Hall–Kier alpha value is -1.43. The maximum Gasteiger partial charge on any atom is 0.244 e. The molecule has 0 saturated carbocycles. The number of aliphatic hydroxyl groups excluding tert-OH is 1. The van der Waals surface area contributed by atoms with Gasteiger partial charge in [0.1, 0.15) is 19.2 Å². The maximum absolute atomic E-state index is 12.1. The van der Waals surface area contributed by atoms with Gasteiger partial charge in [0.25, 0.3) is 0 Å². The summed E-state index contributed by atoms with van der Waals surface area (Å²) >= 11 is 0. The average molecular weight is 238 g/mol. The number of likely N-dealkylation sites (tertiary alicyclic amines) is 1. The van der Waals surface area contributed by atoms with Crippen LogP contribution in [-0.4, -0.2) is 49.4 Å². The Labute approximate surface area is 100 Å². The number of aliphatic hydroxyl groups is 1. The summed E-state index contributed by atoms with van der Waals surface area (Å²) < 4.78 is 1.53. The van der Waals surface area contributed by atoms with Crippen molar-refractivity contribution in [1.82, 2.24) is 19.7 Å². The first-order valence-corrected chi connectivity index (χ1v) is 5.97. The third-order valence-corrected chi connectivity index (χ3v) is 3.07. The van der Waals surface area contributed by atoms with Crippen molar-refractivity contribution in [2.75, 3.05) is 6.54 Å². The van der Waals surface area contributed by atoms with E-state index in [0.29, 0.717) is 6.42 Å². The van der Waals surface area contributed by atoms with Gasteiger partial charge in [0, 0.05) is 12.6 Å². The summed E-state index contributed by atoms with van der Waals surface area (Å²) in [6.45, 7) is 2.78. The monoisotopic (exact) mass is 238 g/mol. The van der Waals surface area contributed by atoms with Crippen LogP contribution in [0.5, 0.6) is 0 Å². The molecule has 0 aliphatic carbocycles. The van der Waals surface area contributed by atoms with Gasteiger partial charge < -0.3 is 10.0 Å². The van der Waals surface area contributed by atoms with E-state index >= 15 is 0 Å². The molecule has 6 nitrogen and oxygen atoms in total. The lowest BCUT2D eigenvalue weighted by atomic mass is 10.1. The number of carbonyl (C=O) groups excluding carboxylic acids is 1. The van der Waals surface area contributed by atoms with Crippen molar-refractivity contribution in [2.45, 2.75) is 44.9 Å². The van der Waals surface area contributed by atoms with E-state index in [0.717, 1.165) is 19.4 Å². The SMILES string of the molecule is CC(O)CC1CCCN1C(=O)Cn1cncn1. The van der Waals surface area contributed by atoms with Gasteiger partial charge in [-0.25, -0.2) is 9.67 Å². The first kappa shape index (κ1) is 12.0. The molecule has 2 rings (SSSR count). The minimum absolute atomic E-state index is 0.0543. The van der Waals surface area contributed by atoms with E-state index in [1.165, 1.54) is 17.3 Å². The van der Waals surface area contributed by atoms with E-state index in [9.17, 15) is 9.90 Å². The van der Waals surface area contributed by atoms with Gasteiger partial charge in [-0.1, -0.05) is 0 Å². The molecule has 1 aromatic rings. The minimum atomic E-state index is -0.361. The quantitative estimate of drug-likeness (QED) is 0.804. The molecule has 1 aliphatic rings. The molecule has 2 heterocycles. The molecule has 0 radical (unpaired) electrons. The first-order chi connectivity index (χ1) is 8.16. The van der Waals surface area contributed by atoms with E-state index in [1.54, 1.807) is 6.92 Å². The van der Waals surface area contributed by atoms with Gasteiger partial charge >= 0.3 is 0 Å². The van der Waals surface area contributed by atoms with Gasteiger partial charge in [0.15, 0.2) is 0 Å². The maximum atomic E-state index is 12.1. The second-order valence-electron chi connectivity index (χ2n) is 4.56. The van der Waals surface area contributed by atoms with E-state index in [2.05, 4.69) is 10.1 Å². The van der Waals surface area contributed by atoms with Crippen molar-refractivity contribution in [3.63, 3.8) is 0 Å². The molecule has 0 aromatic carbocycles. The zero-order valence-corrected chi connectivity index (χ0v) is 9.99. The van der Waals surface area contributed by atoms with Crippen molar-refractivity contribution < 1.29 is 9.90 Å². The number of aromatic nitrogens is 3. The number of amides is 1. The lowest BCUT2D eigenvalue weighted by Crippen LogP contribution is -2.39. The largest absolute Gasteiger partial charge is 0.393 e. The summed E-state index contributed by atoms with van der Waals surface area (Å²) in [5.74, 6) is 0.0543. The summed E-state index contributed by atoms with van der Waals surface area (Å²) in [5.41, 5.74) is 0. The second kappa shape index (κ2) is 5.27. The molecule has 1 N–H and O–H groups in total. The molecular weight excluding hydrogens is 220 g/mol. The Morgan fingerprint density at radius 3 is 3.12 bits per heavy atom. The Balaban J connectivity index is 1.93. The minimum Gasteiger partial charge on any atom is -0.393 e. The van der Waals surface area contributed by atoms with Crippen LogP contribution < -0.4 is 0 Å². The van der Waals surface area contributed by atoms with Crippen LogP contribution in [0.25, 0.3) is 0 Å². The van der Waals surface area contributed by atoms with Crippen molar-refractivity contribution in [3.05, 3.63) is 12.7 Å². The topological polar surface area (TPSA) is 71.2 Å². The van der Waals surface area contributed by atoms with E-state index in [1.807, 2.05) is 4.90 Å². The molecule has 0 spiro atoms. The van der Waals surface area contributed by atoms with Gasteiger partial charge in [-0.3, -0.25) is 4.79 Å². The molecule has 17 heavy (non-hydrogen) atoms. The molecule has 1 saturated heterocycles. The predicted molar refractivity (Wildman–Crippen MR) is 61.1 cm³/mol. The smallest absolute Gasteiger partial charge is 0.244 e. The number of hydrogen-bond acceptors (Lipinski definition) is 4. The van der Waals surface area contributed by atoms with E-state index in [-0.39, 0.29) is 24.6 Å². The van der Waals surface area contributed by atoms with Crippen LogP contribution in [0.4, 0.5) is 0 Å². The van der Waals surface area contributed by atoms with E-state index < -0.39 is 0 Å². The van der Waals surface area contributed by atoms with Crippen LogP contribution in [0.15, 0.2) is 12.7 Å². The number of rotatable bonds is 4. The molecule has 94 valence electrons. The average Bonchev–Trinajstić information content (AvgIpc) is 2.87. The van der Waals surface area contributed by atoms with Crippen LogP contribution in [0, 0.1) is 0 Å². The van der Waals surface area contributed by atoms with Crippen molar-refractivity contribution in [2.24, 2.45) is 0 Å². The number of hydrogen-bond donors (Lipinski definition) is 1. The fourth-order valence-electron chi connectivity index (χ4n) is 2.35. The molecule has 1 amide bonds. The van der Waals surface area contributed by atoms with Crippen LogP contribution in [-0.2, 0) is 11.3 Å². The van der Waals surface area contributed by atoms with Gasteiger partial charge in [-0.15, -0.1) is 0 Å². The Morgan fingerprint density at radius 1 is 1.65 bits per heavy atom. The summed E-state index contributed by atoms with van der Waals surface area (Å²) in [4.78, 5) is 17.7. The molecule has 1 aromatic heterocycles. The normalized spacial score (nSPS) is 21.8. The fourth-order valence-corrected chi connectivity index (χ4v) is 2.35. The Morgan fingerprint density at radius 2 is 2.47 bits per heavy atom. The molecule has 1 fully saturated rings. The van der Waals surface area contributed by atoms with Crippen molar-refractivity contribution in [3.8, 4) is 0 Å². The summed E-state index contributed by atoms with van der Waals surface area (Å²) in [6.07, 6.45) is 5.25. The molecule has 2 atom stereocenters. The fraction of sp³-hybridized carbons (Fsp3) is 0.727. The van der Waals surface area contributed by atoms with E-state index in [4.69, 9.17) is 0 Å². The molecule has 2 unspecified atom stereocenters. The molecule has 0 bridgehead atoms.